The van der Waals surface area contributed by atoms with E-state index < -0.39 is 45.0 Å². The highest BCUT2D eigenvalue weighted by molar-refractivity contribution is 7.93. The quantitative estimate of drug-likeness (QED) is 0.331. The number of hydrogen-bond acceptors (Lipinski definition) is 6. The van der Waals surface area contributed by atoms with Crippen molar-refractivity contribution in [2.45, 2.75) is 18.0 Å². The lowest BCUT2D eigenvalue weighted by molar-refractivity contribution is -0.137. The number of ether oxygens (including phenoxy) is 1. The van der Waals surface area contributed by atoms with E-state index in [0.29, 0.717) is 6.07 Å². The molecule has 0 aliphatic carbocycles. The molecule has 37 heavy (non-hydrogen) atoms. The molecule has 0 unspecified atom stereocenters. The maximum Gasteiger partial charge on any atom is 0.416 e. The zero-order valence-electron chi connectivity index (χ0n) is 19.9. The number of rotatable bonds is 7. The van der Waals surface area contributed by atoms with E-state index in [2.05, 4.69) is 20.0 Å². The molecule has 196 valence electrons. The third-order valence-corrected chi connectivity index (χ3v) is 6.59. The number of nitrogens with one attached hydrogen (secondary N) is 2. The molecule has 2 amide bonds. The molecule has 0 aliphatic rings. The zero-order valence-corrected chi connectivity index (χ0v) is 20.7. The van der Waals surface area contributed by atoms with Crippen LogP contribution in [0.2, 0.25) is 0 Å². The molecule has 1 atom stereocenters. The number of likely N-dealkylation sites (N-methyl/N-ethyl adjacent to an activating group) is 1. The summed E-state index contributed by atoms with van der Waals surface area (Å²) in [6.45, 7) is 1.28. The van der Waals surface area contributed by atoms with Gasteiger partial charge in [0.15, 0.2) is 0 Å². The second-order valence-electron chi connectivity index (χ2n) is 7.83. The van der Waals surface area contributed by atoms with E-state index in [0.717, 1.165) is 18.2 Å². The van der Waals surface area contributed by atoms with Crippen LogP contribution in [0.25, 0.3) is 0 Å². The predicted octanol–water partition coefficient (Wildman–Crippen LogP) is 4.80. The average Bonchev–Trinajstić information content (AvgIpc) is 2.80. The van der Waals surface area contributed by atoms with E-state index in [9.17, 15) is 31.4 Å². The van der Waals surface area contributed by atoms with Crippen LogP contribution in [-0.4, -0.2) is 40.9 Å². The molecule has 13 heteroatoms. The number of pyridine rings is 1. The van der Waals surface area contributed by atoms with Gasteiger partial charge in [0.05, 0.1) is 33.1 Å². The summed E-state index contributed by atoms with van der Waals surface area (Å²) in [6, 6.07) is 10.2. The van der Waals surface area contributed by atoms with E-state index in [1.54, 1.807) is 0 Å². The van der Waals surface area contributed by atoms with E-state index in [-0.39, 0.29) is 34.1 Å². The molecular formula is C24H22F4N4O4S. The standard InChI is InChI=1S/C24H22F4N4O4S/c1-14-19(9-10-21(25)30-14)36-20-11-15(24(26,27)28)7-8-18(20)23(34)31-16-5-4-6-17(12-16)37(3,35)32-22(33)13-29-2/h4-12,29H,13H2,1-3H3,(H,31,34)/t37-/m1/s1. The second kappa shape index (κ2) is 11.0. The monoisotopic (exact) mass is 538 g/mol. The first kappa shape index (κ1) is 27.7. The number of carbonyl (C=O) groups excluding carboxylic acids is 2. The van der Waals surface area contributed by atoms with Gasteiger partial charge in [0.25, 0.3) is 11.8 Å². The Hall–Kier alpha value is -3.84. The van der Waals surface area contributed by atoms with Crippen molar-refractivity contribution in [3.8, 4) is 11.5 Å². The fourth-order valence-corrected chi connectivity index (χ4v) is 4.39. The molecule has 0 bridgehead atoms. The van der Waals surface area contributed by atoms with Gasteiger partial charge in [0, 0.05) is 16.8 Å². The van der Waals surface area contributed by atoms with Crippen molar-refractivity contribution in [1.82, 2.24) is 10.3 Å². The van der Waals surface area contributed by atoms with Crippen molar-refractivity contribution in [3.63, 3.8) is 0 Å². The summed E-state index contributed by atoms with van der Waals surface area (Å²) in [7, 11) is -1.60. The molecule has 8 nitrogen and oxygen atoms in total. The zero-order chi connectivity index (χ0) is 27.4. The first-order valence-corrected chi connectivity index (χ1v) is 12.6. The van der Waals surface area contributed by atoms with Crippen LogP contribution in [0.1, 0.15) is 21.6 Å². The highest BCUT2D eigenvalue weighted by atomic mass is 32.2. The first-order valence-electron chi connectivity index (χ1n) is 10.6. The van der Waals surface area contributed by atoms with Crippen molar-refractivity contribution < 1.29 is 36.1 Å². The summed E-state index contributed by atoms with van der Waals surface area (Å²) >= 11 is 0. The lowest BCUT2D eigenvalue weighted by atomic mass is 10.1. The minimum atomic E-state index is -4.72. The molecule has 0 spiro atoms. The van der Waals surface area contributed by atoms with E-state index in [4.69, 9.17) is 4.74 Å². The van der Waals surface area contributed by atoms with Crippen LogP contribution in [-0.2, 0) is 20.7 Å². The summed E-state index contributed by atoms with van der Waals surface area (Å²) in [5, 5.41) is 5.13. The summed E-state index contributed by atoms with van der Waals surface area (Å²) in [5.41, 5.74) is -1.11. The molecule has 1 aromatic heterocycles. The van der Waals surface area contributed by atoms with Crippen LogP contribution in [0.15, 0.2) is 63.9 Å². The maximum atomic E-state index is 13.4. The number of benzene rings is 2. The van der Waals surface area contributed by atoms with Gasteiger partial charge >= 0.3 is 6.18 Å². The minimum Gasteiger partial charge on any atom is -0.455 e. The Morgan fingerprint density at radius 2 is 1.81 bits per heavy atom. The van der Waals surface area contributed by atoms with Gasteiger partial charge in [-0.05, 0) is 62.5 Å². The Balaban J connectivity index is 1.97. The Morgan fingerprint density at radius 1 is 1.08 bits per heavy atom. The highest BCUT2D eigenvalue weighted by Crippen LogP contribution is 2.36. The van der Waals surface area contributed by atoms with E-state index in [1.165, 1.54) is 50.6 Å². The van der Waals surface area contributed by atoms with Crippen molar-refractivity contribution >= 4 is 27.2 Å². The summed E-state index contributed by atoms with van der Waals surface area (Å²) in [4.78, 5) is 28.6. The molecule has 3 aromatic rings. The number of alkyl halides is 3. The number of carbonyl (C=O) groups is 2. The molecule has 0 radical (unpaired) electrons. The van der Waals surface area contributed by atoms with Gasteiger partial charge in [-0.2, -0.15) is 21.9 Å². The topological polar surface area (TPSA) is 110 Å². The summed E-state index contributed by atoms with van der Waals surface area (Å²) < 4.78 is 75.5. The smallest absolute Gasteiger partial charge is 0.416 e. The summed E-state index contributed by atoms with van der Waals surface area (Å²) in [5.74, 6) is -2.75. The van der Waals surface area contributed by atoms with Gasteiger partial charge in [0.1, 0.15) is 11.5 Å². The fraction of sp³-hybridized carbons (Fsp3) is 0.208. The van der Waals surface area contributed by atoms with Crippen LogP contribution in [0, 0.1) is 12.9 Å². The van der Waals surface area contributed by atoms with Gasteiger partial charge in [-0.1, -0.05) is 6.07 Å². The molecule has 2 aromatic carbocycles. The first-order chi connectivity index (χ1) is 17.3. The van der Waals surface area contributed by atoms with Crippen LogP contribution >= 0.6 is 0 Å². The Kier molecular flexibility index (Phi) is 8.28. The van der Waals surface area contributed by atoms with Crippen LogP contribution in [0.5, 0.6) is 11.5 Å². The average molecular weight is 539 g/mol. The normalized spacial score (nSPS) is 12.9. The number of nitrogens with zero attached hydrogens (tertiary/aromatic N) is 2. The van der Waals surface area contributed by atoms with Crippen molar-refractivity contribution in [2.24, 2.45) is 4.36 Å². The molecule has 0 saturated heterocycles. The number of amides is 2. The fourth-order valence-electron chi connectivity index (χ4n) is 3.15. The van der Waals surface area contributed by atoms with Gasteiger partial charge in [-0.25, -0.2) is 9.19 Å². The summed E-state index contributed by atoms with van der Waals surface area (Å²) in [6.07, 6.45) is -3.45. The molecule has 0 aliphatic heterocycles. The number of aryl methyl sites for hydroxylation is 1. The number of halogens is 4. The maximum absolute atomic E-state index is 13.4. The Morgan fingerprint density at radius 3 is 2.46 bits per heavy atom. The molecule has 2 N–H and O–H groups in total. The van der Waals surface area contributed by atoms with Crippen molar-refractivity contribution in [3.05, 3.63) is 77.4 Å². The molecule has 3 rings (SSSR count). The third-order valence-electron chi connectivity index (χ3n) is 4.91. The molecular weight excluding hydrogens is 516 g/mol. The number of aromatic nitrogens is 1. The second-order valence-corrected chi connectivity index (χ2v) is 10.1. The van der Waals surface area contributed by atoms with Crippen molar-refractivity contribution in [1.29, 1.82) is 0 Å². The van der Waals surface area contributed by atoms with Crippen LogP contribution in [0.3, 0.4) is 0 Å². The van der Waals surface area contributed by atoms with Crippen LogP contribution < -0.4 is 15.4 Å². The van der Waals surface area contributed by atoms with E-state index in [1.807, 2.05) is 0 Å². The largest absolute Gasteiger partial charge is 0.455 e. The Labute approximate surface area is 210 Å². The SMILES string of the molecule is CNCC(=O)N=[S@](C)(=O)c1cccc(NC(=O)c2ccc(C(F)(F)F)cc2Oc2ccc(F)nc2C)c1. The van der Waals surface area contributed by atoms with Crippen LogP contribution in [0.4, 0.5) is 23.2 Å². The van der Waals surface area contributed by atoms with Gasteiger partial charge in [-0.15, -0.1) is 0 Å². The lowest BCUT2D eigenvalue weighted by Crippen LogP contribution is -2.18. The highest BCUT2D eigenvalue weighted by Gasteiger charge is 2.32. The Bertz CT molecular complexity index is 1470. The van der Waals surface area contributed by atoms with Gasteiger partial charge in [-0.3, -0.25) is 9.59 Å². The number of anilines is 1. The van der Waals surface area contributed by atoms with Crippen molar-refractivity contribution in [2.75, 3.05) is 25.2 Å². The third kappa shape index (κ3) is 7.11. The molecule has 1 heterocycles. The number of hydrogen-bond donors (Lipinski definition) is 2. The molecule has 0 fully saturated rings. The minimum absolute atomic E-state index is 0.0460. The van der Waals surface area contributed by atoms with Gasteiger partial charge < -0.3 is 15.4 Å². The van der Waals surface area contributed by atoms with E-state index >= 15 is 0 Å². The molecule has 0 saturated carbocycles. The lowest BCUT2D eigenvalue weighted by Gasteiger charge is -2.16. The predicted molar refractivity (Wildman–Crippen MR) is 129 cm³/mol. The van der Waals surface area contributed by atoms with Gasteiger partial charge in [0.2, 0.25) is 5.95 Å².